The number of methoxy groups -OCH3 is 1. The Bertz CT molecular complexity index is 846. The maximum absolute atomic E-state index is 11.5. The molecule has 1 heterocycles. The van der Waals surface area contributed by atoms with Crippen molar-refractivity contribution >= 4 is 17.4 Å². The van der Waals surface area contributed by atoms with Crippen molar-refractivity contribution < 1.29 is 9.53 Å². The predicted octanol–water partition coefficient (Wildman–Crippen LogP) is 3.15. The summed E-state index contributed by atoms with van der Waals surface area (Å²) in [4.78, 5) is 17.9. The van der Waals surface area contributed by atoms with Gasteiger partial charge in [0.25, 0.3) is 0 Å². The Balaban J connectivity index is 1.86. The quantitative estimate of drug-likeness (QED) is 0.816. The fraction of sp³-hybridized carbons (Fsp3) is 0.105. The van der Waals surface area contributed by atoms with Gasteiger partial charge < -0.3 is 9.64 Å². The van der Waals surface area contributed by atoms with Crippen molar-refractivity contribution in [3.63, 3.8) is 0 Å². The molecule has 5 nitrogen and oxygen atoms in total. The number of ether oxygens (including phenoxy) is 1. The first kappa shape index (κ1) is 15.5. The second-order valence-corrected chi connectivity index (χ2v) is 5.18. The Hall–Kier alpha value is -3.39. The van der Waals surface area contributed by atoms with E-state index in [9.17, 15) is 10.1 Å². The van der Waals surface area contributed by atoms with Gasteiger partial charge in [0.2, 0.25) is 0 Å². The van der Waals surface area contributed by atoms with Gasteiger partial charge in [-0.25, -0.2) is 4.79 Å². The fourth-order valence-corrected chi connectivity index (χ4v) is 2.48. The van der Waals surface area contributed by atoms with Gasteiger partial charge in [0.05, 0.1) is 24.0 Å². The smallest absolute Gasteiger partial charge is 0.337 e. The molecule has 2 aromatic rings. The van der Waals surface area contributed by atoms with Gasteiger partial charge in [-0.15, -0.1) is 0 Å². The summed E-state index contributed by atoms with van der Waals surface area (Å²) in [7, 11) is 1.35. The van der Waals surface area contributed by atoms with E-state index >= 15 is 0 Å². The molecule has 0 spiro atoms. The van der Waals surface area contributed by atoms with Crippen LogP contribution in [0, 0.1) is 11.3 Å². The number of aliphatic imine (C=N–C) groups is 1. The lowest BCUT2D eigenvalue weighted by molar-refractivity contribution is 0.0601. The highest BCUT2D eigenvalue weighted by molar-refractivity contribution is 6.15. The van der Waals surface area contributed by atoms with Crippen LogP contribution in [0.15, 0.2) is 71.4 Å². The molecule has 2 aromatic carbocycles. The second kappa shape index (κ2) is 6.80. The highest BCUT2D eigenvalue weighted by Gasteiger charge is 2.17. The number of anilines is 1. The SMILES string of the molecule is COC(=O)c1ccc(N2C=C(C#N)C(c3ccccc3)=NC2)cc1. The third kappa shape index (κ3) is 3.03. The molecule has 0 bridgehead atoms. The highest BCUT2D eigenvalue weighted by atomic mass is 16.5. The zero-order chi connectivity index (χ0) is 16.9. The largest absolute Gasteiger partial charge is 0.465 e. The lowest BCUT2D eigenvalue weighted by Crippen LogP contribution is -2.24. The third-order valence-corrected chi connectivity index (χ3v) is 3.71. The van der Waals surface area contributed by atoms with Crippen LogP contribution in [0.3, 0.4) is 0 Å². The Morgan fingerprint density at radius 3 is 2.50 bits per heavy atom. The number of rotatable bonds is 3. The third-order valence-electron chi connectivity index (χ3n) is 3.71. The molecule has 0 saturated carbocycles. The number of benzene rings is 2. The fourth-order valence-electron chi connectivity index (χ4n) is 2.48. The first-order chi connectivity index (χ1) is 11.7. The molecule has 0 atom stereocenters. The number of esters is 1. The summed E-state index contributed by atoms with van der Waals surface area (Å²) in [6, 6.07) is 18.8. The standard InChI is InChI=1S/C19H15N3O2/c1-24-19(23)15-7-9-17(10-8-15)22-12-16(11-20)18(21-13-22)14-5-3-2-4-6-14/h2-10,12H,13H2,1H3. The van der Waals surface area contributed by atoms with E-state index < -0.39 is 0 Å². The molecule has 0 aromatic heterocycles. The van der Waals surface area contributed by atoms with Gasteiger partial charge in [0.1, 0.15) is 12.7 Å². The minimum Gasteiger partial charge on any atom is -0.465 e. The second-order valence-electron chi connectivity index (χ2n) is 5.18. The van der Waals surface area contributed by atoms with Crippen LogP contribution in [-0.2, 0) is 4.74 Å². The normalized spacial score (nSPS) is 13.6. The summed E-state index contributed by atoms with van der Waals surface area (Å²) in [5.74, 6) is -0.377. The molecular weight excluding hydrogens is 302 g/mol. The van der Waals surface area contributed by atoms with Crippen LogP contribution in [0.4, 0.5) is 5.69 Å². The average molecular weight is 317 g/mol. The number of allylic oxidation sites excluding steroid dienone is 1. The Morgan fingerprint density at radius 2 is 1.88 bits per heavy atom. The summed E-state index contributed by atoms with van der Waals surface area (Å²) < 4.78 is 4.69. The van der Waals surface area contributed by atoms with E-state index in [2.05, 4.69) is 15.8 Å². The maximum Gasteiger partial charge on any atom is 0.337 e. The van der Waals surface area contributed by atoms with Crippen LogP contribution in [0.25, 0.3) is 0 Å². The van der Waals surface area contributed by atoms with Gasteiger partial charge in [-0.2, -0.15) is 5.26 Å². The molecule has 1 aliphatic heterocycles. The van der Waals surface area contributed by atoms with E-state index in [0.29, 0.717) is 23.5 Å². The molecule has 5 heteroatoms. The van der Waals surface area contributed by atoms with E-state index in [1.165, 1.54) is 7.11 Å². The molecule has 0 aliphatic carbocycles. The predicted molar refractivity (Wildman–Crippen MR) is 91.8 cm³/mol. The molecule has 118 valence electrons. The molecule has 0 amide bonds. The number of hydrogen-bond acceptors (Lipinski definition) is 5. The first-order valence-electron chi connectivity index (χ1n) is 7.40. The summed E-state index contributed by atoms with van der Waals surface area (Å²) >= 11 is 0. The maximum atomic E-state index is 11.5. The van der Waals surface area contributed by atoms with Gasteiger partial charge in [0, 0.05) is 17.5 Å². The Labute approximate surface area is 140 Å². The molecule has 0 unspecified atom stereocenters. The van der Waals surface area contributed by atoms with Gasteiger partial charge >= 0.3 is 5.97 Å². The van der Waals surface area contributed by atoms with Crippen LogP contribution in [0.5, 0.6) is 0 Å². The molecule has 1 aliphatic rings. The van der Waals surface area contributed by atoms with Gasteiger partial charge in [-0.05, 0) is 24.3 Å². The summed E-state index contributed by atoms with van der Waals surface area (Å²) in [5.41, 5.74) is 3.46. The van der Waals surface area contributed by atoms with E-state index in [-0.39, 0.29) is 5.97 Å². The van der Waals surface area contributed by atoms with E-state index in [1.54, 1.807) is 30.5 Å². The molecule has 0 radical (unpaired) electrons. The highest BCUT2D eigenvalue weighted by Crippen LogP contribution is 2.22. The van der Waals surface area contributed by atoms with Crippen LogP contribution in [-0.4, -0.2) is 25.5 Å². The van der Waals surface area contributed by atoms with Crippen molar-refractivity contribution in [2.24, 2.45) is 4.99 Å². The van der Waals surface area contributed by atoms with Crippen molar-refractivity contribution in [2.75, 3.05) is 18.7 Å². The lowest BCUT2D eigenvalue weighted by atomic mass is 10.0. The number of carbonyl (C=O) groups excluding carboxylic acids is 1. The molecule has 3 rings (SSSR count). The summed E-state index contributed by atoms with van der Waals surface area (Å²) in [5, 5.41) is 9.45. The molecular formula is C19H15N3O2. The topological polar surface area (TPSA) is 65.7 Å². The lowest BCUT2D eigenvalue weighted by Gasteiger charge is -2.24. The van der Waals surface area contributed by atoms with E-state index in [1.807, 2.05) is 35.2 Å². The van der Waals surface area contributed by atoms with Crippen LogP contribution in [0.2, 0.25) is 0 Å². The summed E-state index contributed by atoms with van der Waals surface area (Å²) in [6.07, 6.45) is 1.78. The van der Waals surface area contributed by atoms with Crippen molar-refractivity contribution in [3.8, 4) is 6.07 Å². The van der Waals surface area contributed by atoms with Crippen molar-refractivity contribution in [2.45, 2.75) is 0 Å². The molecule has 24 heavy (non-hydrogen) atoms. The Morgan fingerprint density at radius 1 is 1.17 bits per heavy atom. The molecule has 0 N–H and O–H groups in total. The zero-order valence-corrected chi connectivity index (χ0v) is 13.1. The number of nitriles is 1. The Kier molecular flexibility index (Phi) is 4.39. The molecule has 0 saturated heterocycles. The van der Waals surface area contributed by atoms with Gasteiger partial charge in [0.15, 0.2) is 0 Å². The van der Waals surface area contributed by atoms with Crippen LogP contribution >= 0.6 is 0 Å². The first-order valence-corrected chi connectivity index (χ1v) is 7.40. The van der Waals surface area contributed by atoms with Gasteiger partial charge in [-0.3, -0.25) is 4.99 Å². The minimum absolute atomic E-state index is 0.377. The van der Waals surface area contributed by atoms with Crippen molar-refractivity contribution in [3.05, 3.63) is 77.5 Å². The monoisotopic (exact) mass is 317 g/mol. The van der Waals surface area contributed by atoms with Gasteiger partial charge in [-0.1, -0.05) is 30.3 Å². The van der Waals surface area contributed by atoms with E-state index in [4.69, 9.17) is 0 Å². The number of hydrogen-bond donors (Lipinski definition) is 0. The average Bonchev–Trinajstić information content (AvgIpc) is 2.67. The molecule has 0 fully saturated rings. The van der Waals surface area contributed by atoms with Crippen LogP contribution < -0.4 is 4.90 Å². The summed E-state index contributed by atoms with van der Waals surface area (Å²) in [6.45, 7) is 0.410. The van der Waals surface area contributed by atoms with Crippen molar-refractivity contribution in [1.29, 1.82) is 5.26 Å². The minimum atomic E-state index is -0.377. The number of nitrogens with zero attached hydrogens (tertiary/aromatic N) is 3. The number of carbonyl (C=O) groups is 1. The van der Waals surface area contributed by atoms with Crippen LogP contribution in [0.1, 0.15) is 15.9 Å². The van der Waals surface area contributed by atoms with E-state index in [0.717, 1.165) is 11.3 Å². The zero-order valence-electron chi connectivity index (χ0n) is 13.1. The van der Waals surface area contributed by atoms with Crippen molar-refractivity contribution in [1.82, 2.24) is 0 Å².